The maximum absolute atomic E-state index is 11.4. The van der Waals surface area contributed by atoms with Crippen LogP contribution in [0.2, 0.25) is 0 Å². The van der Waals surface area contributed by atoms with Gasteiger partial charge in [0.15, 0.2) is 12.4 Å². The molecule has 3 N–H and O–H groups in total. The minimum Gasteiger partial charge on any atom is -0.479 e. The van der Waals surface area contributed by atoms with Crippen molar-refractivity contribution in [3.63, 3.8) is 0 Å². The maximum Gasteiger partial charge on any atom is 0.335 e. The number of carboxylic acids is 1. The van der Waals surface area contributed by atoms with Gasteiger partial charge in [-0.2, -0.15) is 0 Å². The number of aliphatic carboxylic acids is 1. The predicted octanol–water partition coefficient (Wildman–Crippen LogP) is 0.516. The molecule has 124 valence electrons. The van der Waals surface area contributed by atoms with Gasteiger partial charge in [0.25, 0.3) is 0 Å². The van der Waals surface area contributed by atoms with Crippen LogP contribution in [0.4, 0.5) is 0 Å². The molecule has 0 spiro atoms. The van der Waals surface area contributed by atoms with Gasteiger partial charge in [-0.1, -0.05) is 0 Å². The predicted molar refractivity (Wildman–Crippen MR) is 73.8 cm³/mol. The van der Waals surface area contributed by atoms with Crippen molar-refractivity contribution in [1.29, 1.82) is 0 Å². The third-order valence-electron chi connectivity index (χ3n) is 2.75. The number of rotatable bonds is 3. The maximum atomic E-state index is 11.4. The van der Waals surface area contributed by atoms with Crippen LogP contribution in [0.5, 0.6) is 0 Å². The fourth-order valence-electron chi connectivity index (χ4n) is 2.02. The molecule has 0 bridgehead atoms. The van der Waals surface area contributed by atoms with Crippen molar-refractivity contribution in [1.82, 2.24) is 0 Å². The second-order valence-corrected chi connectivity index (χ2v) is 7.17. The second kappa shape index (κ2) is 6.18. The molecule has 1 aliphatic rings. The van der Waals surface area contributed by atoms with Crippen LogP contribution in [-0.4, -0.2) is 63.2 Å². The van der Waals surface area contributed by atoms with E-state index in [1.54, 1.807) is 41.5 Å². The Kier molecular flexibility index (Phi) is 5.39. The van der Waals surface area contributed by atoms with Crippen molar-refractivity contribution >= 4 is 5.97 Å². The minimum absolute atomic E-state index is 0.661. The molecule has 0 radical (unpaired) electrons. The SMILES string of the molecule is CC(C)(C)O[C@@H]1OC(C(=O)O)[C@@H](OC(C)(C)C)[C@H](O)C1O. The highest BCUT2D eigenvalue weighted by molar-refractivity contribution is 5.73. The van der Waals surface area contributed by atoms with Gasteiger partial charge in [-0.05, 0) is 41.5 Å². The summed E-state index contributed by atoms with van der Waals surface area (Å²) in [5.74, 6) is -1.28. The summed E-state index contributed by atoms with van der Waals surface area (Å²) in [5.41, 5.74) is -1.35. The van der Waals surface area contributed by atoms with Crippen LogP contribution in [-0.2, 0) is 19.0 Å². The highest BCUT2D eigenvalue weighted by Gasteiger charge is 2.50. The lowest BCUT2D eigenvalue weighted by Gasteiger charge is -2.44. The quantitative estimate of drug-likeness (QED) is 0.698. The Morgan fingerprint density at radius 3 is 1.81 bits per heavy atom. The molecular weight excluding hydrogens is 280 g/mol. The van der Waals surface area contributed by atoms with E-state index < -0.39 is 47.9 Å². The second-order valence-electron chi connectivity index (χ2n) is 7.17. The Bertz CT molecular complexity index is 368. The van der Waals surface area contributed by atoms with E-state index in [-0.39, 0.29) is 0 Å². The lowest BCUT2D eigenvalue weighted by molar-refractivity contribution is -0.326. The normalized spacial score (nSPS) is 34.8. The summed E-state index contributed by atoms with van der Waals surface area (Å²) in [5, 5.41) is 29.6. The molecule has 7 nitrogen and oxygen atoms in total. The molecule has 1 heterocycles. The number of ether oxygens (including phenoxy) is 3. The van der Waals surface area contributed by atoms with E-state index in [0.29, 0.717) is 0 Å². The van der Waals surface area contributed by atoms with E-state index in [0.717, 1.165) is 0 Å². The number of hydrogen-bond acceptors (Lipinski definition) is 6. The van der Waals surface area contributed by atoms with Crippen LogP contribution in [0.3, 0.4) is 0 Å². The van der Waals surface area contributed by atoms with Gasteiger partial charge < -0.3 is 29.5 Å². The van der Waals surface area contributed by atoms with Crippen LogP contribution in [0, 0.1) is 0 Å². The van der Waals surface area contributed by atoms with Gasteiger partial charge in [0.05, 0.1) is 11.2 Å². The first kappa shape index (κ1) is 18.3. The Labute approximate surface area is 124 Å². The molecule has 2 unspecified atom stereocenters. The van der Waals surface area contributed by atoms with Gasteiger partial charge in [-0.3, -0.25) is 0 Å². The molecule has 1 aliphatic heterocycles. The summed E-state index contributed by atoms with van der Waals surface area (Å²) in [4.78, 5) is 11.4. The fraction of sp³-hybridized carbons (Fsp3) is 0.929. The summed E-state index contributed by atoms with van der Waals surface area (Å²) in [7, 11) is 0. The monoisotopic (exact) mass is 306 g/mol. The van der Waals surface area contributed by atoms with Crippen LogP contribution >= 0.6 is 0 Å². The van der Waals surface area contributed by atoms with Gasteiger partial charge >= 0.3 is 5.97 Å². The third kappa shape index (κ3) is 5.19. The van der Waals surface area contributed by atoms with Crippen LogP contribution < -0.4 is 0 Å². The van der Waals surface area contributed by atoms with Gasteiger partial charge in [-0.15, -0.1) is 0 Å². The molecule has 7 heteroatoms. The third-order valence-corrected chi connectivity index (χ3v) is 2.75. The number of carbonyl (C=O) groups is 1. The summed E-state index contributed by atoms with van der Waals surface area (Å²) >= 11 is 0. The summed E-state index contributed by atoms with van der Waals surface area (Å²) in [6.45, 7) is 10.4. The van der Waals surface area contributed by atoms with Crippen molar-refractivity contribution in [2.24, 2.45) is 0 Å². The number of aliphatic hydroxyl groups is 2. The topological polar surface area (TPSA) is 105 Å². The first-order valence-corrected chi connectivity index (χ1v) is 6.92. The van der Waals surface area contributed by atoms with Crippen LogP contribution in [0.1, 0.15) is 41.5 Å². The molecular formula is C14H26O7. The average molecular weight is 306 g/mol. The summed E-state index contributed by atoms with van der Waals surface area (Å²) in [6.07, 6.45) is -6.66. The van der Waals surface area contributed by atoms with Gasteiger partial charge in [0.2, 0.25) is 0 Å². The highest BCUT2D eigenvalue weighted by atomic mass is 16.7. The van der Waals surface area contributed by atoms with Crippen molar-refractivity contribution in [2.75, 3.05) is 0 Å². The smallest absolute Gasteiger partial charge is 0.335 e. The molecule has 0 amide bonds. The van der Waals surface area contributed by atoms with Gasteiger partial charge in [0, 0.05) is 0 Å². The standard InChI is InChI=1S/C14H26O7/c1-13(2,3)20-9-7(15)8(16)12(21-14(4,5)6)19-10(9)11(17)18/h7-10,12,15-16H,1-6H3,(H,17,18)/t7-,8?,9+,10?,12+/m1/s1. The van der Waals surface area contributed by atoms with E-state index in [4.69, 9.17) is 14.2 Å². The van der Waals surface area contributed by atoms with Crippen LogP contribution in [0.15, 0.2) is 0 Å². The number of aliphatic hydroxyl groups excluding tert-OH is 2. The van der Waals surface area contributed by atoms with Gasteiger partial charge in [0.1, 0.15) is 18.3 Å². The molecule has 5 atom stereocenters. The molecule has 0 aliphatic carbocycles. The summed E-state index contributed by atoms with van der Waals surface area (Å²) < 4.78 is 16.3. The Morgan fingerprint density at radius 2 is 1.43 bits per heavy atom. The van der Waals surface area contributed by atoms with Crippen LogP contribution in [0.25, 0.3) is 0 Å². The lowest BCUT2D eigenvalue weighted by atomic mass is 9.97. The first-order valence-electron chi connectivity index (χ1n) is 6.92. The van der Waals surface area contributed by atoms with Crippen molar-refractivity contribution in [2.45, 2.75) is 83.5 Å². The van der Waals surface area contributed by atoms with E-state index >= 15 is 0 Å². The lowest BCUT2D eigenvalue weighted by Crippen LogP contribution is -2.63. The van der Waals surface area contributed by atoms with E-state index in [2.05, 4.69) is 0 Å². The Morgan fingerprint density at radius 1 is 0.952 bits per heavy atom. The van der Waals surface area contributed by atoms with Crippen molar-refractivity contribution < 1.29 is 34.3 Å². The van der Waals surface area contributed by atoms with Crippen molar-refractivity contribution in [3.8, 4) is 0 Å². The van der Waals surface area contributed by atoms with Crippen molar-refractivity contribution in [3.05, 3.63) is 0 Å². The molecule has 1 fully saturated rings. The highest BCUT2D eigenvalue weighted by Crippen LogP contribution is 2.29. The summed E-state index contributed by atoms with van der Waals surface area (Å²) in [6, 6.07) is 0. The zero-order chi connectivity index (χ0) is 16.6. The fourth-order valence-corrected chi connectivity index (χ4v) is 2.02. The average Bonchev–Trinajstić information content (AvgIpc) is 2.25. The minimum atomic E-state index is -1.42. The molecule has 0 aromatic carbocycles. The molecule has 0 aromatic rings. The Hall–Kier alpha value is -0.730. The first-order chi connectivity index (χ1) is 9.32. The Balaban J connectivity index is 2.97. The van der Waals surface area contributed by atoms with E-state index in [9.17, 15) is 20.1 Å². The number of hydrogen-bond donors (Lipinski definition) is 3. The van der Waals surface area contributed by atoms with E-state index in [1.165, 1.54) is 0 Å². The molecule has 1 rings (SSSR count). The zero-order valence-corrected chi connectivity index (χ0v) is 13.4. The number of carboxylic acid groups (broad SMARTS) is 1. The van der Waals surface area contributed by atoms with E-state index in [1.807, 2.05) is 0 Å². The molecule has 0 aromatic heterocycles. The molecule has 1 saturated heterocycles. The van der Waals surface area contributed by atoms with Gasteiger partial charge in [-0.25, -0.2) is 4.79 Å². The molecule has 21 heavy (non-hydrogen) atoms. The largest absolute Gasteiger partial charge is 0.479 e. The molecule has 0 saturated carbocycles. The zero-order valence-electron chi connectivity index (χ0n) is 13.4.